The third-order valence-corrected chi connectivity index (χ3v) is 6.10. The lowest BCUT2D eigenvalue weighted by molar-refractivity contribution is 0.0389. The van der Waals surface area contributed by atoms with E-state index in [2.05, 4.69) is 5.32 Å². The van der Waals surface area contributed by atoms with Crippen LogP contribution in [0.2, 0.25) is 0 Å². The summed E-state index contributed by atoms with van der Waals surface area (Å²) in [4.78, 5) is 25.7. The number of nitrogens with one attached hydrogen (secondary N) is 1. The number of benzene rings is 1. The monoisotopic (exact) mass is 428 g/mol. The lowest BCUT2D eigenvalue weighted by Gasteiger charge is -2.22. The van der Waals surface area contributed by atoms with Crippen LogP contribution in [0.4, 0.5) is 0 Å². The quantitative estimate of drug-likeness (QED) is 0.641. The van der Waals surface area contributed by atoms with Crippen molar-refractivity contribution in [2.75, 3.05) is 20.8 Å². The molecule has 0 spiro atoms. The SMILES string of the molecule is COc1ccc(CCn2ccc(C)c(C(=O)NCCC3(O)CCCC3)c2=O)cc1OC. The lowest BCUT2D eigenvalue weighted by Crippen LogP contribution is -2.37. The van der Waals surface area contributed by atoms with Gasteiger partial charge in [-0.1, -0.05) is 18.9 Å². The molecule has 2 N–H and O–H groups in total. The second-order valence-corrected chi connectivity index (χ2v) is 8.25. The van der Waals surface area contributed by atoms with Crippen LogP contribution in [0.15, 0.2) is 35.3 Å². The van der Waals surface area contributed by atoms with Crippen molar-refractivity contribution in [3.8, 4) is 11.5 Å². The smallest absolute Gasteiger partial charge is 0.263 e. The molecule has 1 fully saturated rings. The van der Waals surface area contributed by atoms with E-state index in [-0.39, 0.29) is 17.0 Å². The summed E-state index contributed by atoms with van der Waals surface area (Å²) in [6.07, 6.45) is 6.43. The molecule has 2 aromatic rings. The molecule has 1 aliphatic carbocycles. The summed E-state index contributed by atoms with van der Waals surface area (Å²) >= 11 is 0. The fourth-order valence-electron chi connectivity index (χ4n) is 4.18. The number of carbonyl (C=O) groups excluding carboxylic acids is 1. The Morgan fingerprint density at radius 2 is 1.87 bits per heavy atom. The second-order valence-electron chi connectivity index (χ2n) is 8.25. The summed E-state index contributed by atoms with van der Waals surface area (Å²) in [5.41, 5.74) is 0.815. The zero-order chi connectivity index (χ0) is 22.4. The highest BCUT2D eigenvalue weighted by Gasteiger charge is 2.30. The van der Waals surface area contributed by atoms with Gasteiger partial charge in [0.25, 0.3) is 11.5 Å². The molecule has 1 aromatic carbocycles. The number of amides is 1. The number of carbonyl (C=O) groups is 1. The van der Waals surface area contributed by atoms with Crippen molar-refractivity contribution in [3.63, 3.8) is 0 Å². The molecule has 1 amide bonds. The fourth-order valence-corrected chi connectivity index (χ4v) is 4.18. The number of methoxy groups -OCH3 is 2. The molecule has 31 heavy (non-hydrogen) atoms. The summed E-state index contributed by atoms with van der Waals surface area (Å²) in [7, 11) is 3.17. The average molecular weight is 429 g/mol. The molecule has 0 saturated heterocycles. The van der Waals surface area contributed by atoms with Crippen LogP contribution in [0.25, 0.3) is 0 Å². The molecule has 168 valence electrons. The second kappa shape index (κ2) is 10.0. The summed E-state index contributed by atoms with van der Waals surface area (Å²) in [6, 6.07) is 7.44. The van der Waals surface area contributed by atoms with Gasteiger partial charge in [0.1, 0.15) is 5.56 Å². The fraction of sp³-hybridized carbons (Fsp3) is 0.500. The van der Waals surface area contributed by atoms with Crippen molar-refractivity contribution in [2.45, 2.75) is 57.6 Å². The van der Waals surface area contributed by atoms with Crippen LogP contribution in [0.1, 0.15) is 53.6 Å². The zero-order valence-corrected chi connectivity index (χ0v) is 18.6. The average Bonchev–Trinajstić information content (AvgIpc) is 3.19. The van der Waals surface area contributed by atoms with Gasteiger partial charge in [-0.2, -0.15) is 0 Å². The maximum atomic E-state index is 13.0. The van der Waals surface area contributed by atoms with E-state index in [1.54, 1.807) is 38.0 Å². The Labute approximate surface area is 183 Å². The number of ether oxygens (including phenoxy) is 2. The summed E-state index contributed by atoms with van der Waals surface area (Å²) in [5, 5.41) is 13.3. The minimum atomic E-state index is -0.682. The maximum Gasteiger partial charge on any atom is 0.263 e. The first-order chi connectivity index (χ1) is 14.9. The molecule has 7 nitrogen and oxygen atoms in total. The van der Waals surface area contributed by atoms with Crippen molar-refractivity contribution >= 4 is 5.91 Å². The Hall–Kier alpha value is -2.80. The molecule has 1 saturated carbocycles. The molecule has 1 aliphatic rings. The van der Waals surface area contributed by atoms with Gasteiger partial charge in [0.2, 0.25) is 0 Å². The van der Waals surface area contributed by atoms with Crippen LogP contribution in [0, 0.1) is 6.92 Å². The molecule has 3 rings (SSSR count). The number of nitrogens with zero attached hydrogens (tertiary/aromatic N) is 1. The van der Waals surface area contributed by atoms with Gasteiger partial charge in [-0.25, -0.2) is 0 Å². The molecule has 0 radical (unpaired) electrons. The Morgan fingerprint density at radius 3 is 2.55 bits per heavy atom. The minimum absolute atomic E-state index is 0.160. The van der Waals surface area contributed by atoms with Gasteiger partial charge in [-0.05, 0) is 61.9 Å². The summed E-state index contributed by atoms with van der Waals surface area (Å²) in [5.74, 6) is 0.907. The van der Waals surface area contributed by atoms with Crippen molar-refractivity contribution < 1.29 is 19.4 Å². The highest BCUT2D eigenvalue weighted by atomic mass is 16.5. The number of hydrogen-bond donors (Lipinski definition) is 2. The number of hydrogen-bond acceptors (Lipinski definition) is 5. The molecule has 0 unspecified atom stereocenters. The van der Waals surface area contributed by atoms with E-state index >= 15 is 0 Å². The Morgan fingerprint density at radius 1 is 1.16 bits per heavy atom. The van der Waals surface area contributed by atoms with E-state index in [1.165, 1.54) is 0 Å². The number of aryl methyl sites for hydroxylation is 3. The van der Waals surface area contributed by atoms with Crippen molar-refractivity contribution in [3.05, 3.63) is 57.5 Å². The molecule has 0 bridgehead atoms. The molecule has 0 atom stereocenters. The normalized spacial score (nSPS) is 15.0. The third kappa shape index (κ3) is 5.47. The van der Waals surface area contributed by atoms with Crippen LogP contribution in [0.5, 0.6) is 11.5 Å². The first-order valence-electron chi connectivity index (χ1n) is 10.8. The summed E-state index contributed by atoms with van der Waals surface area (Å²) < 4.78 is 12.2. The van der Waals surface area contributed by atoms with Gasteiger partial charge in [-0.15, -0.1) is 0 Å². The van der Waals surface area contributed by atoms with E-state index in [4.69, 9.17) is 9.47 Å². The Bertz CT molecular complexity index is 976. The molecule has 7 heteroatoms. The van der Waals surface area contributed by atoms with E-state index in [0.717, 1.165) is 31.2 Å². The Kier molecular flexibility index (Phi) is 7.38. The predicted molar refractivity (Wildman–Crippen MR) is 119 cm³/mol. The first-order valence-corrected chi connectivity index (χ1v) is 10.8. The largest absolute Gasteiger partial charge is 0.493 e. The third-order valence-electron chi connectivity index (χ3n) is 6.10. The van der Waals surface area contributed by atoms with Gasteiger partial charge in [-0.3, -0.25) is 9.59 Å². The lowest BCUT2D eigenvalue weighted by atomic mass is 9.98. The van der Waals surface area contributed by atoms with Crippen molar-refractivity contribution in [1.82, 2.24) is 9.88 Å². The summed E-state index contributed by atoms with van der Waals surface area (Å²) in [6.45, 7) is 2.56. The van der Waals surface area contributed by atoms with E-state index in [1.807, 2.05) is 18.2 Å². The van der Waals surface area contributed by atoms with Crippen molar-refractivity contribution in [2.24, 2.45) is 0 Å². The van der Waals surface area contributed by atoms with Gasteiger partial charge in [0.05, 0.1) is 19.8 Å². The van der Waals surface area contributed by atoms with Gasteiger partial charge < -0.3 is 24.5 Å². The molecule has 1 aromatic heterocycles. The highest BCUT2D eigenvalue weighted by molar-refractivity contribution is 5.95. The van der Waals surface area contributed by atoms with Crippen molar-refractivity contribution in [1.29, 1.82) is 0 Å². The number of aromatic nitrogens is 1. The topological polar surface area (TPSA) is 89.8 Å². The van der Waals surface area contributed by atoms with Crippen LogP contribution in [-0.2, 0) is 13.0 Å². The van der Waals surface area contributed by atoms with Crippen LogP contribution in [-0.4, -0.2) is 41.9 Å². The number of pyridine rings is 1. The van der Waals surface area contributed by atoms with Crippen LogP contribution < -0.4 is 20.3 Å². The first kappa shape index (κ1) is 22.9. The molecular formula is C24H32N2O5. The molecule has 0 aliphatic heterocycles. The molecule has 1 heterocycles. The highest BCUT2D eigenvalue weighted by Crippen LogP contribution is 2.31. The zero-order valence-electron chi connectivity index (χ0n) is 18.6. The molecular weight excluding hydrogens is 396 g/mol. The predicted octanol–water partition coefficient (Wildman–Crippen LogP) is 2.84. The van der Waals surface area contributed by atoms with Gasteiger partial charge in [0, 0.05) is 19.3 Å². The number of rotatable bonds is 9. The van der Waals surface area contributed by atoms with Crippen LogP contribution >= 0.6 is 0 Å². The standard InChI is InChI=1S/C24H32N2O5/c1-17-8-14-26(15-9-18-6-7-19(30-2)20(16-18)31-3)23(28)21(17)22(27)25-13-12-24(29)10-4-5-11-24/h6-8,14,16,29H,4-5,9-13,15H2,1-3H3,(H,25,27). The van der Waals surface area contributed by atoms with E-state index in [0.29, 0.717) is 43.0 Å². The van der Waals surface area contributed by atoms with Gasteiger partial charge >= 0.3 is 0 Å². The van der Waals surface area contributed by atoms with Gasteiger partial charge in [0.15, 0.2) is 11.5 Å². The van der Waals surface area contributed by atoms with E-state index in [9.17, 15) is 14.7 Å². The number of aliphatic hydroxyl groups is 1. The Balaban J connectivity index is 1.67. The maximum absolute atomic E-state index is 13.0. The van der Waals surface area contributed by atoms with Crippen LogP contribution in [0.3, 0.4) is 0 Å². The minimum Gasteiger partial charge on any atom is -0.493 e. The van der Waals surface area contributed by atoms with E-state index < -0.39 is 5.60 Å².